The zero-order chi connectivity index (χ0) is 21.0. The van der Waals surface area contributed by atoms with Crippen LogP contribution < -0.4 is 10.6 Å². The third kappa shape index (κ3) is 4.92. The van der Waals surface area contributed by atoms with Gasteiger partial charge in [0.2, 0.25) is 5.91 Å². The summed E-state index contributed by atoms with van der Waals surface area (Å²) in [5, 5.41) is 16.3. The summed E-state index contributed by atoms with van der Waals surface area (Å²) in [6, 6.07) is 4.07. The number of hydrogen-bond acceptors (Lipinski definition) is 7. The van der Waals surface area contributed by atoms with Crippen LogP contribution in [0.15, 0.2) is 18.2 Å². The molecule has 2 aromatic rings. The maximum Gasteiger partial charge on any atom is 0.341 e. The number of benzene rings is 1. The number of carbonyl (C=O) groups is 3. The van der Waals surface area contributed by atoms with Crippen molar-refractivity contribution in [3.05, 3.63) is 49.9 Å². The summed E-state index contributed by atoms with van der Waals surface area (Å²) in [7, 11) is 0. The Morgan fingerprint density at radius 1 is 1.18 bits per heavy atom. The van der Waals surface area contributed by atoms with Gasteiger partial charge in [-0.1, -0.05) is 6.07 Å². The van der Waals surface area contributed by atoms with Crippen molar-refractivity contribution < 1.29 is 24.0 Å². The summed E-state index contributed by atoms with van der Waals surface area (Å²) in [6.45, 7) is 5.96. The minimum absolute atomic E-state index is 0.165. The van der Waals surface area contributed by atoms with E-state index < -0.39 is 23.4 Å². The van der Waals surface area contributed by atoms with Gasteiger partial charge < -0.3 is 15.4 Å². The number of nitrogens with one attached hydrogen (secondary N) is 2. The van der Waals surface area contributed by atoms with Gasteiger partial charge in [0.25, 0.3) is 11.6 Å². The molecule has 2 amide bonds. The van der Waals surface area contributed by atoms with Crippen molar-refractivity contribution >= 4 is 45.5 Å². The van der Waals surface area contributed by atoms with Gasteiger partial charge in [-0.3, -0.25) is 19.7 Å². The minimum Gasteiger partial charge on any atom is -0.452 e. The molecule has 2 rings (SSSR count). The molecule has 10 heteroatoms. The Kier molecular flexibility index (Phi) is 6.47. The predicted octanol–water partition coefficient (Wildman–Crippen LogP) is 3.34. The Labute approximate surface area is 164 Å². The lowest BCUT2D eigenvalue weighted by molar-refractivity contribution is -0.384. The molecule has 1 aromatic heterocycles. The van der Waals surface area contributed by atoms with Crippen molar-refractivity contribution in [1.29, 1.82) is 0 Å². The summed E-state index contributed by atoms with van der Waals surface area (Å²) in [4.78, 5) is 47.0. The van der Waals surface area contributed by atoms with Gasteiger partial charge in [-0.15, -0.1) is 11.3 Å². The van der Waals surface area contributed by atoms with Gasteiger partial charge in [0.1, 0.15) is 5.00 Å². The van der Waals surface area contributed by atoms with E-state index in [2.05, 4.69) is 10.6 Å². The normalized spacial score (nSPS) is 10.3. The van der Waals surface area contributed by atoms with Gasteiger partial charge in [-0.2, -0.15) is 0 Å². The number of non-ortho nitro benzene ring substituents is 1. The van der Waals surface area contributed by atoms with Gasteiger partial charge in [0.05, 0.1) is 16.2 Å². The van der Waals surface area contributed by atoms with Crippen molar-refractivity contribution in [2.24, 2.45) is 0 Å². The minimum atomic E-state index is -0.739. The highest BCUT2D eigenvalue weighted by atomic mass is 32.1. The first kappa shape index (κ1) is 21.0. The number of thiophene rings is 1. The predicted molar refractivity (Wildman–Crippen MR) is 105 cm³/mol. The molecule has 1 heterocycles. The van der Waals surface area contributed by atoms with Crippen molar-refractivity contribution in [3.63, 3.8) is 0 Å². The van der Waals surface area contributed by atoms with E-state index in [9.17, 15) is 24.5 Å². The molecule has 0 saturated carbocycles. The number of nitro groups is 1. The second-order valence-corrected chi connectivity index (χ2v) is 7.27. The molecule has 0 aliphatic carbocycles. The molecule has 2 N–H and O–H groups in total. The Bertz CT molecular complexity index is 966. The quantitative estimate of drug-likeness (QED) is 0.431. The zero-order valence-corrected chi connectivity index (χ0v) is 16.6. The number of rotatable bonds is 6. The van der Waals surface area contributed by atoms with Crippen LogP contribution in [0, 0.1) is 30.9 Å². The van der Waals surface area contributed by atoms with E-state index >= 15 is 0 Å². The SMILES string of the molecule is CC(=O)Nc1sc(C)c(C)c1C(=O)OCC(=O)Nc1cc([N+](=O)[O-])ccc1C. The number of esters is 1. The molecule has 0 aliphatic heterocycles. The molecule has 0 unspecified atom stereocenters. The van der Waals surface area contributed by atoms with E-state index in [0.717, 1.165) is 4.88 Å². The maximum atomic E-state index is 12.4. The number of nitrogens with zero attached hydrogens (tertiary/aromatic N) is 1. The van der Waals surface area contributed by atoms with Gasteiger partial charge in [0, 0.05) is 23.9 Å². The topological polar surface area (TPSA) is 128 Å². The van der Waals surface area contributed by atoms with Crippen molar-refractivity contribution in [3.8, 4) is 0 Å². The van der Waals surface area contributed by atoms with Crippen LogP contribution in [0.5, 0.6) is 0 Å². The number of amides is 2. The Morgan fingerprint density at radius 3 is 2.46 bits per heavy atom. The summed E-state index contributed by atoms with van der Waals surface area (Å²) in [6.07, 6.45) is 0. The van der Waals surface area contributed by atoms with E-state index in [-0.39, 0.29) is 22.8 Å². The van der Waals surface area contributed by atoms with Gasteiger partial charge in [-0.25, -0.2) is 4.79 Å². The number of hydrogen-bond donors (Lipinski definition) is 2. The van der Waals surface area contributed by atoms with Crippen molar-refractivity contribution in [1.82, 2.24) is 0 Å². The van der Waals surface area contributed by atoms with E-state index in [1.54, 1.807) is 20.8 Å². The molecule has 0 aliphatic rings. The molecule has 0 atom stereocenters. The Morgan fingerprint density at radius 2 is 1.86 bits per heavy atom. The fourth-order valence-corrected chi connectivity index (χ4v) is 3.46. The monoisotopic (exact) mass is 405 g/mol. The lowest BCUT2D eigenvalue weighted by Gasteiger charge is -2.10. The summed E-state index contributed by atoms with van der Waals surface area (Å²) >= 11 is 1.24. The first-order valence-corrected chi connectivity index (χ1v) is 9.01. The standard InChI is InChI=1S/C18H19N3O6S/c1-9-5-6-13(21(25)26)7-14(9)20-15(23)8-27-18(24)16-10(2)11(3)28-17(16)19-12(4)22/h5-7H,8H2,1-4H3,(H,19,22)(H,20,23). The molecule has 0 bridgehead atoms. The Hall–Kier alpha value is -3.27. The first-order chi connectivity index (χ1) is 13.1. The molecule has 28 heavy (non-hydrogen) atoms. The lowest BCUT2D eigenvalue weighted by atomic mass is 10.1. The van der Waals surface area contributed by atoms with Crippen LogP contribution in [-0.2, 0) is 14.3 Å². The average molecular weight is 405 g/mol. The van der Waals surface area contributed by atoms with Crippen LogP contribution in [0.25, 0.3) is 0 Å². The molecule has 0 spiro atoms. The van der Waals surface area contributed by atoms with Crippen LogP contribution in [0.2, 0.25) is 0 Å². The van der Waals surface area contributed by atoms with E-state index in [0.29, 0.717) is 16.1 Å². The largest absolute Gasteiger partial charge is 0.452 e. The maximum absolute atomic E-state index is 12.4. The molecule has 9 nitrogen and oxygen atoms in total. The second kappa shape index (κ2) is 8.61. The average Bonchev–Trinajstić information content (AvgIpc) is 2.87. The van der Waals surface area contributed by atoms with Gasteiger partial charge in [0.15, 0.2) is 6.61 Å². The van der Waals surface area contributed by atoms with Crippen molar-refractivity contribution in [2.45, 2.75) is 27.7 Å². The molecule has 0 radical (unpaired) electrons. The number of carbonyl (C=O) groups excluding carboxylic acids is 3. The fraction of sp³-hybridized carbons (Fsp3) is 0.278. The van der Waals surface area contributed by atoms with Crippen LogP contribution in [0.3, 0.4) is 0 Å². The smallest absolute Gasteiger partial charge is 0.341 e. The zero-order valence-electron chi connectivity index (χ0n) is 15.7. The van der Waals surface area contributed by atoms with Gasteiger partial charge >= 0.3 is 5.97 Å². The highest BCUT2D eigenvalue weighted by Gasteiger charge is 2.22. The molecular formula is C18H19N3O6S. The van der Waals surface area contributed by atoms with Gasteiger partial charge in [-0.05, 0) is 31.9 Å². The van der Waals surface area contributed by atoms with E-state index in [4.69, 9.17) is 4.74 Å². The molecular weight excluding hydrogens is 386 g/mol. The molecule has 148 valence electrons. The van der Waals surface area contributed by atoms with Crippen LogP contribution in [0.4, 0.5) is 16.4 Å². The highest BCUT2D eigenvalue weighted by Crippen LogP contribution is 2.33. The first-order valence-electron chi connectivity index (χ1n) is 8.19. The number of anilines is 2. The highest BCUT2D eigenvalue weighted by molar-refractivity contribution is 7.16. The Balaban J connectivity index is 2.08. The molecule has 1 aromatic carbocycles. The third-order valence-electron chi connectivity index (χ3n) is 3.92. The van der Waals surface area contributed by atoms with Crippen LogP contribution in [0.1, 0.15) is 33.3 Å². The summed E-state index contributed by atoms with van der Waals surface area (Å²) in [5.74, 6) is -1.70. The number of nitro benzene ring substituents is 1. The molecule has 0 saturated heterocycles. The summed E-state index contributed by atoms with van der Waals surface area (Å²) < 4.78 is 5.07. The third-order valence-corrected chi connectivity index (χ3v) is 5.04. The van der Waals surface area contributed by atoms with Crippen molar-refractivity contribution in [2.75, 3.05) is 17.2 Å². The second-order valence-electron chi connectivity index (χ2n) is 6.05. The number of aryl methyl sites for hydroxylation is 2. The number of ether oxygens (including phenoxy) is 1. The van der Waals surface area contributed by atoms with E-state index in [1.165, 1.54) is 36.5 Å². The van der Waals surface area contributed by atoms with Crippen LogP contribution in [-0.4, -0.2) is 29.3 Å². The lowest BCUT2D eigenvalue weighted by Crippen LogP contribution is -2.22. The fourth-order valence-electron chi connectivity index (χ4n) is 2.37. The molecule has 0 fully saturated rings. The van der Waals surface area contributed by atoms with Crippen LogP contribution >= 0.6 is 11.3 Å². The van der Waals surface area contributed by atoms with E-state index in [1.807, 2.05) is 0 Å². The summed E-state index contributed by atoms with van der Waals surface area (Å²) in [5.41, 5.74) is 1.59.